The fourth-order valence-electron chi connectivity index (χ4n) is 2.87. The van der Waals surface area contributed by atoms with Crippen LogP contribution < -0.4 is 15.4 Å². The summed E-state index contributed by atoms with van der Waals surface area (Å²) in [6.45, 7) is 2.08. The molecule has 0 radical (unpaired) electrons. The van der Waals surface area contributed by atoms with Gasteiger partial charge >= 0.3 is 0 Å². The topological polar surface area (TPSA) is 46.2 Å². The van der Waals surface area contributed by atoms with E-state index >= 15 is 0 Å². The summed E-state index contributed by atoms with van der Waals surface area (Å²) in [6, 6.07) is 7.74. The van der Waals surface area contributed by atoms with Crippen molar-refractivity contribution in [3.63, 3.8) is 0 Å². The van der Waals surface area contributed by atoms with E-state index in [1.54, 1.807) is 12.3 Å². The Morgan fingerprint density at radius 3 is 2.88 bits per heavy atom. The van der Waals surface area contributed by atoms with Crippen LogP contribution >= 0.6 is 11.6 Å². The molecule has 3 rings (SSSR count). The SMILES string of the molecule is FCCOc1ccc(CNc2c(Cl)ccc3c2CCNCC3)nc1. The minimum atomic E-state index is -0.504. The van der Waals surface area contributed by atoms with Crippen molar-refractivity contribution in [3.05, 3.63) is 52.3 Å². The summed E-state index contributed by atoms with van der Waals surface area (Å²) in [5, 5.41) is 7.57. The van der Waals surface area contributed by atoms with Crippen molar-refractivity contribution in [1.29, 1.82) is 0 Å². The third-order valence-corrected chi connectivity index (χ3v) is 4.39. The van der Waals surface area contributed by atoms with Crippen LogP contribution in [0.3, 0.4) is 0 Å². The summed E-state index contributed by atoms with van der Waals surface area (Å²) in [4.78, 5) is 4.34. The van der Waals surface area contributed by atoms with Crippen molar-refractivity contribution >= 4 is 17.3 Å². The molecule has 0 unspecified atom stereocenters. The molecule has 0 saturated heterocycles. The van der Waals surface area contributed by atoms with Crippen LogP contribution in [-0.2, 0) is 19.4 Å². The molecular weight excluding hydrogens is 329 g/mol. The normalized spacial score (nSPS) is 13.9. The summed E-state index contributed by atoms with van der Waals surface area (Å²) in [5.74, 6) is 0.578. The molecule has 1 aliphatic rings. The van der Waals surface area contributed by atoms with E-state index in [2.05, 4.69) is 21.7 Å². The number of halogens is 2. The van der Waals surface area contributed by atoms with E-state index < -0.39 is 6.67 Å². The standard InChI is InChI=1S/C18H21ClFN3O/c19-17-4-1-13-5-8-21-9-6-16(13)18(17)23-11-14-2-3-15(12-22-14)24-10-7-20/h1-4,12,21,23H,5-11H2. The van der Waals surface area contributed by atoms with E-state index in [9.17, 15) is 4.39 Å². The van der Waals surface area contributed by atoms with Gasteiger partial charge in [-0.3, -0.25) is 4.98 Å². The fourth-order valence-corrected chi connectivity index (χ4v) is 3.11. The number of fused-ring (bicyclic) bond motifs is 1. The van der Waals surface area contributed by atoms with E-state index in [1.165, 1.54) is 11.1 Å². The summed E-state index contributed by atoms with van der Waals surface area (Å²) in [6.07, 6.45) is 3.59. The van der Waals surface area contributed by atoms with Crippen LogP contribution in [0.2, 0.25) is 5.02 Å². The Kier molecular flexibility index (Phi) is 5.88. The number of nitrogens with zero attached hydrogens (tertiary/aromatic N) is 1. The summed E-state index contributed by atoms with van der Waals surface area (Å²) >= 11 is 6.40. The second-order valence-electron chi connectivity index (χ2n) is 5.69. The van der Waals surface area contributed by atoms with Crippen molar-refractivity contribution in [2.75, 3.05) is 31.7 Å². The second kappa shape index (κ2) is 8.31. The summed E-state index contributed by atoms with van der Waals surface area (Å²) in [7, 11) is 0. The molecule has 24 heavy (non-hydrogen) atoms. The number of pyridine rings is 1. The second-order valence-corrected chi connectivity index (χ2v) is 6.09. The smallest absolute Gasteiger partial charge is 0.137 e. The van der Waals surface area contributed by atoms with E-state index in [1.807, 2.05) is 12.1 Å². The number of aromatic nitrogens is 1. The molecule has 1 aliphatic heterocycles. The molecule has 0 bridgehead atoms. The molecule has 0 atom stereocenters. The molecule has 2 N–H and O–H groups in total. The van der Waals surface area contributed by atoms with Gasteiger partial charge in [0.15, 0.2) is 0 Å². The average molecular weight is 350 g/mol. The van der Waals surface area contributed by atoms with Crippen LogP contribution in [0.1, 0.15) is 16.8 Å². The number of hydrogen-bond acceptors (Lipinski definition) is 4. The van der Waals surface area contributed by atoms with Crippen LogP contribution in [0.15, 0.2) is 30.5 Å². The number of benzene rings is 1. The van der Waals surface area contributed by atoms with E-state index in [4.69, 9.17) is 16.3 Å². The molecule has 128 valence electrons. The predicted molar refractivity (Wildman–Crippen MR) is 94.8 cm³/mol. The first-order valence-corrected chi connectivity index (χ1v) is 8.54. The fraction of sp³-hybridized carbons (Fsp3) is 0.389. The molecule has 0 amide bonds. The maximum atomic E-state index is 12.1. The Morgan fingerprint density at radius 2 is 2.08 bits per heavy atom. The van der Waals surface area contributed by atoms with Gasteiger partial charge in [0.25, 0.3) is 0 Å². The quantitative estimate of drug-likeness (QED) is 0.839. The van der Waals surface area contributed by atoms with Crippen molar-refractivity contribution in [2.45, 2.75) is 19.4 Å². The van der Waals surface area contributed by atoms with Gasteiger partial charge in [-0.1, -0.05) is 17.7 Å². The molecular formula is C18H21ClFN3O. The number of anilines is 1. The number of nitrogens with one attached hydrogen (secondary N) is 2. The molecule has 1 aromatic carbocycles. The summed E-state index contributed by atoms with van der Waals surface area (Å²) < 4.78 is 17.3. The molecule has 0 aliphatic carbocycles. The van der Waals surface area contributed by atoms with Crippen molar-refractivity contribution in [1.82, 2.24) is 10.3 Å². The Balaban J connectivity index is 1.70. The first-order chi connectivity index (χ1) is 11.8. The molecule has 4 nitrogen and oxygen atoms in total. The van der Waals surface area contributed by atoms with Gasteiger partial charge in [-0.25, -0.2) is 4.39 Å². The minimum Gasteiger partial charge on any atom is -0.489 e. The Hall–Kier alpha value is -1.85. The van der Waals surface area contributed by atoms with Crippen LogP contribution in [0.4, 0.5) is 10.1 Å². The van der Waals surface area contributed by atoms with Crippen LogP contribution in [0.25, 0.3) is 0 Å². The molecule has 0 spiro atoms. The van der Waals surface area contributed by atoms with Gasteiger partial charge in [0.05, 0.1) is 29.1 Å². The van der Waals surface area contributed by atoms with Gasteiger partial charge in [0, 0.05) is 0 Å². The van der Waals surface area contributed by atoms with E-state index in [-0.39, 0.29) is 6.61 Å². The number of rotatable bonds is 6. The minimum absolute atomic E-state index is 0.0546. The van der Waals surface area contributed by atoms with Crippen LogP contribution in [-0.4, -0.2) is 31.4 Å². The van der Waals surface area contributed by atoms with Gasteiger partial charge in [0.1, 0.15) is 19.0 Å². The Bertz CT molecular complexity index is 679. The van der Waals surface area contributed by atoms with Gasteiger partial charge < -0.3 is 15.4 Å². The van der Waals surface area contributed by atoms with Crippen molar-refractivity contribution in [3.8, 4) is 5.75 Å². The first-order valence-electron chi connectivity index (χ1n) is 8.16. The van der Waals surface area contributed by atoms with Crippen LogP contribution in [0, 0.1) is 0 Å². The summed E-state index contributed by atoms with van der Waals surface area (Å²) in [5.41, 5.74) is 4.51. The molecule has 2 aromatic rings. The highest BCUT2D eigenvalue weighted by Crippen LogP contribution is 2.31. The van der Waals surface area contributed by atoms with Gasteiger partial charge in [-0.2, -0.15) is 0 Å². The number of ether oxygens (including phenoxy) is 1. The highest BCUT2D eigenvalue weighted by molar-refractivity contribution is 6.33. The maximum Gasteiger partial charge on any atom is 0.137 e. The van der Waals surface area contributed by atoms with Gasteiger partial charge in [-0.15, -0.1) is 0 Å². The molecule has 6 heteroatoms. The molecule has 2 heterocycles. The lowest BCUT2D eigenvalue weighted by molar-refractivity contribution is 0.272. The zero-order chi connectivity index (χ0) is 16.8. The zero-order valence-corrected chi connectivity index (χ0v) is 14.2. The highest BCUT2D eigenvalue weighted by Gasteiger charge is 2.14. The third kappa shape index (κ3) is 4.16. The monoisotopic (exact) mass is 349 g/mol. The predicted octanol–water partition coefficient (Wildman–Crippen LogP) is 3.38. The third-order valence-electron chi connectivity index (χ3n) is 4.07. The highest BCUT2D eigenvalue weighted by atomic mass is 35.5. The average Bonchev–Trinajstić information content (AvgIpc) is 2.85. The van der Waals surface area contributed by atoms with Gasteiger partial charge in [-0.05, 0) is 55.3 Å². The molecule has 1 aromatic heterocycles. The lowest BCUT2D eigenvalue weighted by Crippen LogP contribution is -2.16. The lowest BCUT2D eigenvalue weighted by Gasteiger charge is -2.16. The van der Waals surface area contributed by atoms with Crippen molar-refractivity contribution < 1.29 is 9.13 Å². The first kappa shape index (κ1) is 17.0. The number of alkyl halides is 1. The lowest BCUT2D eigenvalue weighted by atomic mass is 10.0. The van der Waals surface area contributed by atoms with Crippen LogP contribution in [0.5, 0.6) is 5.75 Å². The number of hydrogen-bond donors (Lipinski definition) is 2. The van der Waals surface area contributed by atoms with E-state index in [0.29, 0.717) is 12.3 Å². The Labute approximate surface area is 146 Å². The van der Waals surface area contributed by atoms with Gasteiger partial charge in [0.2, 0.25) is 0 Å². The van der Waals surface area contributed by atoms with E-state index in [0.717, 1.165) is 42.3 Å². The zero-order valence-electron chi connectivity index (χ0n) is 13.4. The Morgan fingerprint density at radius 1 is 1.21 bits per heavy atom. The van der Waals surface area contributed by atoms with Crippen molar-refractivity contribution in [2.24, 2.45) is 0 Å². The molecule has 0 fully saturated rings. The maximum absolute atomic E-state index is 12.1. The molecule has 0 saturated carbocycles. The largest absolute Gasteiger partial charge is 0.489 e.